The number of rotatable bonds is 7. The molecule has 0 saturated carbocycles. The largest absolute Gasteiger partial charge is 0.394 e. The maximum Gasteiger partial charge on any atom is 0.394 e. The Hall–Kier alpha value is -3.95. The Labute approximate surface area is 283 Å². The van der Waals surface area contributed by atoms with Gasteiger partial charge in [0.05, 0.1) is 0 Å². The van der Waals surface area contributed by atoms with Crippen LogP contribution < -0.4 is 31.8 Å². The molecule has 0 radical (unpaired) electrons. The standard InChI is InChI=1S/2C18H15P.C4H10.H2O4S/c2*1-4-10-16(11-5-1)19(17-12-6-2-7-13-17)18-14-8-3-9-15-18;1-3-4-2;1-5(2,3)4/h2*1-15H;3-4H2,1-2H3;(H2,1,2,3,4). The molecule has 0 fully saturated rings. The molecule has 2 N–H and O–H groups in total. The van der Waals surface area contributed by atoms with Crippen molar-refractivity contribution in [1.29, 1.82) is 0 Å². The Morgan fingerprint density at radius 1 is 0.362 bits per heavy atom. The third kappa shape index (κ3) is 14.1. The summed E-state index contributed by atoms with van der Waals surface area (Å²) in [6.45, 7) is 4.36. The lowest BCUT2D eigenvalue weighted by Crippen LogP contribution is -2.20. The summed E-state index contributed by atoms with van der Waals surface area (Å²) >= 11 is 0. The summed E-state index contributed by atoms with van der Waals surface area (Å²) in [6, 6.07) is 64.7. The maximum atomic E-state index is 8.74. The van der Waals surface area contributed by atoms with Gasteiger partial charge in [-0.2, -0.15) is 8.42 Å². The van der Waals surface area contributed by atoms with Crippen molar-refractivity contribution in [2.24, 2.45) is 0 Å². The number of unbranched alkanes of at least 4 members (excludes halogenated alkanes) is 1. The van der Waals surface area contributed by atoms with E-state index >= 15 is 0 Å². The summed E-state index contributed by atoms with van der Waals surface area (Å²) in [5, 5.41) is 8.39. The van der Waals surface area contributed by atoms with Crippen LogP contribution in [0.4, 0.5) is 0 Å². The van der Waals surface area contributed by atoms with Gasteiger partial charge in [-0.1, -0.05) is 209 Å². The highest BCUT2D eigenvalue weighted by molar-refractivity contribution is 7.80. The molecule has 47 heavy (non-hydrogen) atoms. The van der Waals surface area contributed by atoms with Crippen LogP contribution in [0.25, 0.3) is 0 Å². The summed E-state index contributed by atoms with van der Waals surface area (Å²) < 4.78 is 31.6. The van der Waals surface area contributed by atoms with Crippen molar-refractivity contribution >= 4 is 58.1 Å². The van der Waals surface area contributed by atoms with E-state index in [1.807, 2.05) is 0 Å². The van der Waals surface area contributed by atoms with Crippen LogP contribution in [0.15, 0.2) is 182 Å². The van der Waals surface area contributed by atoms with Gasteiger partial charge in [-0.3, -0.25) is 9.11 Å². The molecule has 0 heterocycles. The Kier molecular flexibility index (Phi) is 16.8. The second-order valence-corrected chi connectivity index (χ2v) is 15.5. The zero-order valence-electron chi connectivity index (χ0n) is 26.7. The Morgan fingerprint density at radius 3 is 0.596 bits per heavy atom. The molecular weight excluding hydrogens is 638 g/mol. The van der Waals surface area contributed by atoms with Gasteiger partial charge >= 0.3 is 10.4 Å². The van der Waals surface area contributed by atoms with Gasteiger partial charge in [-0.05, 0) is 47.7 Å². The first-order valence-corrected chi connectivity index (χ1v) is 19.5. The molecular formula is C40H42O4P2S. The fourth-order valence-electron chi connectivity index (χ4n) is 4.36. The molecule has 0 unspecified atom stereocenters. The summed E-state index contributed by atoms with van der Waals surface area (Å²) in [4.78, 5) is 0. The van der Waals surface area contributed by atoms with Crippen molar-refractivity contribution < 1.29 is 17.5 Å². The van der Waals surface area contributed by atoms with Gasteiger partial charge in [0.2, 0.25) is 0 Å². The van der Waals surface area contributed by atoms with Gasteiger partial charge in [0.25, 0.3) is 0 Å². The third-order valence-electron chi connectivity index (χ3n) is 6.59. The minimum atomic E-state index is -4.67. The van der Waals surface area contributed by atoms with Gasteiger partial charge in [-0.25, -0.2) is 0 Å². The molecule has 0 amide bonds. The SMILES string of the molecule is CCCC.O=S(=O)(O)O.c1ccc(P(c2ccccc2)c2ccccc2)cc1.c1ccc(P(c2ccccc2)c2ccccc2)cc1. The van der Waals surface area contributed by atoms with E-state index in [-0.39, 0.29) is 0 Å². The monoisotopic (exact) mass is 680 g/mol. The van der Waals surface area contributed by atoms with E-state index in [4.69, 9.17) is 17.5 Å². The average Bonchev–Trinajstić information content (AvgIpc) is 3.11. The van der Waals surface area contributed by atoms with E-state index in [1.165, 1.54) is 44.7 Å². The first kappa shape index (κ1) is 37.5. The van der Waals surface area contributed by atoms with Crippen LogP contribution in [0.5, 0.6) is 0 Å². The minimum absolute atomic E-state index is 0.446. The molecule has 0 aliphatic carbocycles. The molecule has 7 heteroatoms. The summed E-state index contributed by atoms with van der Waals surface area (Å²) in [7, 11) is -5.56. The third-order valence-corrected chi connectivity index (χ3v) is 11.5. The highest BCUT2D eigenvalue weighted by atomic mass is 32.3. The van der Waals surface area contributed by atoms with E-state index in [0.29, 0.717) is 0 Å². The van der Waals surface area contributed by atoms with Gasteiger partial charge < -0.3 is 0 Å². The van der Waals surface area contributed by atoms with Gasteiger partial charge in [-0.15, -0.1) is 0 Å². The summed E-state index contributed by atoms with van der Waals surface area (Å²) in [5.41, 5.74) is 0. The average molecular weight is 681 g/mol. The van der Waals surface area contributed by atoms with E-state index in [2.05, 4.69) is 196 Å². The molecule has 0 aliphatic heterocycles. The molecule has 6 aromatic carbocycles. The quantitative estimate of drug-likeness (QED) is 0.132. The fraction of sp³-hybridized carbons (Fsp3) is 0.100. The van der Waals surface area contributed by atoms with Crippen LogP contribution in [0.1, 0.15) is 26.7 Å². The normalized spacial score (nSPS) is 10.4. The summed E-state index contributed by atoms with van der Waals surface area (Å²) in [6.07, 6.45) is 2.64. The van der Waals surface area contributed by atoms with Crippen molar-refractivity contribution in [2.75, 3.05) is 0 Å². The van der Waals surface area contributed by atoms with Crippen LogP contribution in [0, 0.1) is 0 Å². The Bertz CT molecular complexity index is 1440. The molecule has 0 saturated heterocycles. The second kappa shape index (κ2) is 21.0. The molecule has 4 nitrogen and oxygen atoms in total. The van der Waals surface area contributed by atoms with Crippen LogP contribution >= 0.6 is 15.8 Å². The predicted octanol–water partition coefficient (Wildman–Crippen LogP) is 8.04. The number of hydrogen-bond acceptors (Lipinski definition) is 2. The zero-order chi connectivity index (χ0) is 33.7. The molecule has 0 bridgehead atoms. The molecule has 242 valence electrons. The van der Waals surface area contributed by atoms with E-state index in [1.54, 1.807) is 0 Å². The van der Waals surface area contributed by atoms with Crippen molar-refractivity contribution in [1.82, 2.24) is 0 Å². The second-order valence-electron chi connectivity index (χ2n) is 10.1. The van der Waals surface area contributed by atoms with E-state index in [9.17, 15) is 0 Å². The van der Waals surface area contributed by atoms with E-state index < -0.39 is 26.2 Å². The lowest BCUT2D eigenvalue weighted by atomic mass is 10.4. The lowest BCUT2D eigenvalue weighted by molar-refractivity contribution is 0.381. The molecule has 6 rings (SSSR count). The van der Waals surface area contributed by atoms with Crippen LogP contribution in [0.2, 0.25) is 0 Å². The number of hydrogen-bond donors (Lipinski definition) is 2. The molecule has 0 aromatic heterocycles. The first-order valence-electron chi connectivity index (χ1n) is 15.4. The Morgan fingerprint density at radius 2 is 0.489 bits per heavy atom. The van der Waals surface area contributed by atoms with Gasteiger partial charge in [0, 0.05) is 0 Å². The summed E-state index contributed by atoms with van der Waals surface area (Å²) in [5.74, 6) is 0. The van der Waals surface area contributed by atoms with Crippen molar-refractivity contribution in [3.05, 3.63) is 182 Å². The number of benzene rings is 6. The lowest BCUT2D eigenvalue weighted by Gasteiger charge is -2.18. The topological polar surface area (TPSA) is 74.6 Å². The predicted molar refractivity (Wildman–Crippen MR) is 205 cm³/mol. The Balaban J connectivity index is 0.000000204. The van der Waals surface area contributed by atoms with Crippen molar-refractivity contribution in [3.63, 3.8) is 0 Å². The van der Waals surface area contributed by atoms with Crippen LogP contribution in [-0.4, -0.2) is 17.5 Å². The molecule has 0 atom stereocenters. The molecule has 0 spiro atoms. The highest BCUT2D eigenvalue weighted by Gasteiger charge is 2.16. The molecule has 6 aromatic rings. The van der Waals surface area contributed by atoms with Gasteiger partial charge in [0.1, 0.15) is 0 Å². The van der Waals surface area contributed by atoms with Crippen molar-refractivity contribution in [2.45, 2.75) is 26.7 Å². The zero-order valence-corrected chi connectivity index (χ0v) is 29.4. The molecule has 0 aliphatic rings. The highest BCUT2D eigenvalue weighted by Crippen LogP contribution is 2.33. The van der Waals surface area contributed by atoms with E-state index in [0.717, 1.165) is 0 Å². The van der Waals surface area contributed by atoms with Crippen molar-refractivity contribution in [3.8, 4) is 0 Å². The van der Waals surface area contributed by atoms with Crippen LogP contribution in [-0.2, 0) is 10.4 Å². The van der Waals surface area contributed by atoms with Gasteiger partial charge in [0.15, 0.2) is 0 Å². The van der Waals surface area contributed by atoms with Crippen LogP contribution in [0.3, 0.4) is 0 Å². The maximum absolute atomic E-state index is 8.74. The first-order chi connectivity index (χ1) is 22.8. The smallest absolute Gasteiger partial charge is 0.264 e. The fourth-order valence-corrected chi connectivity index (χ4v) is 8.97. The minimum Gasteiger partial charge on any atom is -0.264 e.